The molecule has 13 nitrogen and oxygen atoms in total. The molecular weight excluding hydrogens is 679 g/mol. The van der Waals surface area contributed by atoms with Gasteiger partial charge in [-0.3, -0.25) is 33.7 Å². The molecule has 3 saturated heterocycles. The van der Waals surface area contributed by atoms with E-state index in [0.717, 1.165) is 113 Å². The number of nitrogens with zero attached hydrogens (tertiary/aromatic N) is 6. The number of anilines is 3. The van der Waals surface area contributed by atoms with Crippen molar-refractivity contribution in [3.8, 4) is 0 Å². The van der Waals surface area contributed by atoms with E-state index in [0.29, 0.717) is 18.9 Å². The van der Waals surface area contributed by atoms with E-state index < -0.39 is 11.9 Å². The van der Waals surface area contributed by atoms with E-state index >= 15 is 0 Å². The van der Waals surface area contributed by atoms with E-state index in [1.54, 1.807) is 11.6 Å². The molecule has 0 radical (unpaired) electrons. The average Bonchev–Trinajstić information content (AvgIpc) is 3.60. The zero-order valence-electron chi connectivity index (χ0n) is 29.5. The van der Waals surface area contributed by atoms with Crippen LogP contribution in [0.2, 0.25) is 0 Å². The highest BCUT2D eigenvalue weighted by atomic mass is 32.1. The van der Waals surface area contributed by atoms with Crippen molar-refractivity contribution in [1.29, 1.82) is 0 Å². The van der Waals surface area contributed by atoms with E-state index in [-0.39, 0.29) is 30.0 Å². The predicted octanol–water partition coefficient (Wildman–Crippen LogP) is 3.66. The molecule has 52 heavy (non-hydrogen) atoms. The van der Waals surface area contributed by atoms with E-state index in [9.17, 15) is 19.2 Å². The molecule has 2 atom stereocenters. The summed E-state index contributed by atoms with van der Waals surface area (Å²) in [5.41, 5.74) is 4.24. The molecule has 3 amide bonds. The third-order valence-electron chi connectivity index (χ3n) is 11.5. The van der Waals surface area contributed by atoms with Gasteiger partial charge in [0, 0.05) is 93.0 Å². The van der Waals surface area contributed by atoms with Crippen molar-refractivity contribution in [2.24, 2.45) is 13.0 Å². The molecule has 3 fully saturated rings. The maximum atomic E-state index is 13.2. The quantitative estimate of drug-likeness (QED) is 0.233. The molecule has 14 heteroatoms. The number of hydrogen-bond acceptors (Lipinski definition) is 10. The van der Waals surface area contributed by atoms with Gasteiger partial charge in [-0.2, -0.15) is 0 Å². The van der Waals surface area contributed by atoms with Gasteiger partial charge in [-0.25, -0.2) is 9.78 Å². The van der Waals surface area contributed by atoms with Crippen LogP contribution in [0.15, 0.2) is 47.3 Å². The van der Waals surface area contributed by atoms with Crippen LogP contribution in [0.1, 0.15) is 48.3 Å². The number of piperidine rings is 2. The Morgan fingerprint density at radius 2 is 1.69 bits per heavy atom. The minimum Gasteiger partial charge on any atom is -0.381 e. The first-order valence-electron chi connectivity index (χ1n) is 18.4. The Hall–Kier alpha value is -4.95. The van der Waals surface area contributed by atoms with Crippen LogP contribution in [0.4, 0.5) is 17.2 Å². The summed E-state index contributed by atoms with van der Waals surface area (Å²) in [4.78, 5) is 63.5. The van der Waals surface area contributed by atoms with Gasteiger partial charge in [-0.05, 0) is 74.6 Å². The van der Waals surface area contributed by atoms with Crippen molar-refractivity contribution in [1.82, 2.24) is 29.7 Å². The average molecular weight is 722 g/mol. The van der Waals surface area contributed by atoms with Crippen molar-refractivity contribution in [2.75, 3.05) is 67.5 Å². The number of aryl methyl sites for hydroxylation is 1. The summed E-state index contributed by atoms with van der Waals surface area (Å²) in [6, 6.07) is 13.9. The first kappa shape index (κ1) is 32.9. The topological polar surface area (TPSA) is 137 Å². The predicted molar refractivity (Wildman–Crippen MR) is 205 cm³/mol. The Balaban J connectivity index is 0.819. The van der Waals surface area contributed by atoms with Crippen LogP contribution in [0, 0.1) is 5.92 Å². The Kier molecular flexibility index (Phi) is 8.18. The summed E-state index contributed by atoms with van der Waals surface area (Å²) in [7, 11) is 1.74. The van der Waals surface area contributed by atoms with Gasteiger partial charge < -0.3 is 20.4 Å². The fourth-order valence-corrected chi connectivity index (χ4v) is 9.67. The molecule has 270 valence electrons. The second-order valence-electron chi connectivity index (χ2n) is 14.8. The van der Waals surface area contributed by atoms with Gasteiger partial charge in [0.25, 0.3) is 5.91 Å². The smallest absolute Gasteiger partial charge is 0.329 e. The Labute approximate surface area is 304 Å². The number of imide groups is 1. The molecule has 7 heterocycles. The Morgan fingerprint density at radius 1 is 0.885 bits per heavy atom. The SMILES string of the molecule is C[C@@H]1CNc2c(sc3ccc4nc(N5CCN(CC6CCN(c7ccc8c(c7)n(C)c(=O)n8C7CCC(=O)NC7=O)CC6)CC5)ccc4c23)C(=O)N1. The number of rotatable bonds is 5. The summed E-state index contributed by atoms with van der Waals surface area (Å²) >= 11 is 1.54. The van der Waals surface area contributed by atoms with Crippen LogP contribution in [0.5, 0.6) is 0 Å². The number of imidazole rings is 1. The summed E-state index contributed by atoms with van der Waals surface area (Å²) in [5.74, 6) is 0.916. The minimum atomic E-state index is -0.678. The first-order valence-corrected chi connectivity index (χ1v) is 19.2. The lowest BCUT2D eigenvalue weighted by atomic mass is 9.95. The lowest BCUT2D eigenvalue weighted by molar-refractivity contribution is -0.135. The molecule has 2 aromatic carbocycles. The number of carbonyl (C=O) groups is 3. The van der Waals surface area contributed by atoms with Crippen molar-refractivity contribution in [2.45, 2.75) is 44.7 Å². The number of carbonyl (C=O) groups excluding carboxylic acids is 3. The fraction of sp³-hybridized carbons (Fsp3) is 0.447. The van der Waals surface area contributed by atoms with Gasteiger partial charge in [0.05, 0.1) is 22.2 Å². The summed E-state index contributed by atoms with van der Waals surface area (Å²) in [5, 5.41) is 11.1. The zero-order valence-corrected chi connectivity index (χ0v) is 30.3. The molecule has 9 rings (SSSR count). The maximum absolute atomic E-state index is 13.2. The Bertz CT molecular complexity index is 2310. The van der Waals surface area contributed by atoms with Crippen molar-refractivity contribution in [3.05, 3.63) is 57.8 Å². The van der Waals surface area contributed by atoms with Crippen LogP contribution in [0.25, 0.3) is 32.0 Å². The molecule has 4 aliphatic heterocycles. The molecule has 3 N–H and O–H groups in total. The number of nitrogens with one attached hydrogen (secondary N) is 3. The van der Waals surface area contributed by atoms with Crippen molar-refractivity contribution < 1.29 is 14.4 Å². The number of hydrogen-bond donors (Lipinski definition) is 3. The fourth-order valence-electron chi connectivity index (χ4n) is 8.57. The number of thiophene rings is 1. The van der Waals surface area contributed by atoms with Crippen LogP contribution in [0.3, 0.4) is 0 Å². The second kappa shape index (κ2) is 12.9. The number of fused-ring (bicyclic) bond motifs is 6. The molecule has 4 aliphatic rings. The Morgan fingerprint density at radius 3 is 2.48 bits per heavy atom. The van der Waals surface area contributed by atoms with E-state index in [4.69, 9.17) is 4.98 Å². The van der Waals surface area contributed by atoms with Gasteiger partial charge in [-0.15, -0.1) is 11.3 Å². The molecular formula is C38H43N9O4S. The largest absolute Gasteiger partial charge is 0.381 e. The van der Waals surface area contributed by atoms with Gasteiger partial charge in [0.1, 0.15) is 16.7 Å². The second-order valence-corrected chi connectivity index (χ2v) is 15.9. The highest BCUT2D eigenvalue weighted by Gasteiger charge is 2.32. The maximum Gasteiger partial charge on any atom is 0.329 e. The van der Waals surface area contributed by atoms with Crippen LogP contribution in [-0.4, -0.2) is 95.1 Å². The van der Waals surface area contributed by atoms with Gasteiger partial charge >= 0.3 is 5.69 Å². The number of pyridine rings is 1. The molecule has 0 saturated carbocycles. The molecule has 0 bridgehead atoms. The van der Waals surface area contributed by atoms with Crippen LogP contribution < -0.4 is 31.4 Å². The highest BCUT2D eigenvalue weighted by Crippen LogP contribution is 2.41. The molecule has 0 aliphatic carbocycles. The van der Waals surface area contributed by atoms with E-state index in [1.165, 1.54) is 15.9 Å². The van der Waals surface area contributed by atoms with Crippen LogP contribution >= 0.6 is 11.3 Å². The molecule has 0 spiro atoms. The number of piperazine rings is 1. The standard InChI is InChI=1S/C38H43N9O4S/c1-22-20-39-34-33-25-4-9-31(41-26(25)5-8-30(33)52-35(34)37(50)40-22)46-17-15-44(16-18-46)21-23-11-13-45(14-12-23)24-3-6-27-29(19-24)43(2)38(51)47(27)28-7-10-32(48)42-36(28)49/h3-6,8-9,19,22-23,28,39H,7,10-18,20-21H2,1-2H3,(H,40,50)(H,42,48,49)/t22-,28?/m1/s1. The number of aromatic nitrogens is 3. The highest BCUT2D eigenvalue weighted by molar-refractivity contribution is 7.21. The third-order valence-corrected chi connectivity index (χ3v) is 12.6. The zero-order chi connectivity index (χ0) is 35.7. The lowest BCUT2D eigenvalue weighted by Crippen LogP contribution is -2.49. The summed E-state index contributed by atoms with van der Waals surface area (Å²) < 4.78 is 4.24. The minimum absolute atomic E-state index is 0.0118. The van der Waals surface area contributed by atoms with E-state index in [2.05, 4.69) is 67.0 Å². The van der Waals surface area contributed by atoms with Gasteiger partial charge in [0.2, 0.25) is 11.8 Å². The summed E-state index contributed by atoms with van der Waals surface area (Å²) in [6.07, 6.45) is 2.77. The van der Waals surface area contributed by atoms with Gasteiger partial charge in [0.15, 0.2) is 0 Å². The van der Waals surface area contributed by atoms with Crippen molar-refractivity contribution in [3.63, 3.8) is 0 Å². The molecule has 3 aromatic heterocycles. The molecule has 1 unspecified atom stereocenters. The lowest BCUT2D eigenvalue weighted by Gasteiger charge is -2.39. The monoisotopic (exact) mass is 721 g/mol. The van der Waals surface area contributed by atoms with Gasteiger partial charge in [-0.1, -0.05) is 0 Å². The number of amides is 3. The normalized spacial score (nSPS) is 22.1. The van der Waals surface area contributed by atoms with E-state index in [1.807, 2.05) is 13.0 Å². The van der Waals surface area contributed by atoms with Crippen molar-refractivity contribution >= 4 is 78.3 Å². The summed E-state index contributed by atoms with van der Waals surface area (Å²) in [6.45, 7) is 9.59. The number of benzene rings is 2. The molecule has 5 aromatic rings. The third kappa shape index (κ3) is 5.68. The van der Waals surface area contributed by atoms with Crippen LogP contribution in [-0.2, 0) is 16.6 Å². The first-order chi connectivity index (χ1) is 25.2.